The van der Waals surface area contributed by atoms with Gasteiger partial charge in [0.15, 0.2) is 0 Å². The third-order valence-electron chi connectivity index (χ3n) is 5.94. The van der Waals surface area contributed by atoms with Gasteiger partial charge in [0.05, 0.1) is 24.9 Å². The molecule has 174 valence electrons. The van der Waals surface area contributed by atoms with Crippen LogP contribution in [0.4, 0.5) is 11.4 Å². The third-order valence-corrected chi connectivity index (χ3v) is 6.95. The lowest BCUT2D eigenvalue weighted by Gasteiger charge is -2.21. The number of aryl methyl sites for hydroxylation is 1. The van der Waals surface area contributed by atoms with E-state index in [-0.39, 0.29) is 12.4 Å². The molecular weight excluding hydrogens is 470 g/mol. The highest BCUT2D eigenvalue weighted by atomic mass is 35.5. The molecule has 4 aromatic carbocycles. The number of carbonyl (C=O) groups is 1. The minimum absolute atomic E-state index is 0.156. The van der Waals surface area contributed by atoms with Crippen LogP contribution in [0.25, 0.3) is 21.9 Å². The van der Waals surface area contributed by atoms with E-state index in [0.29, 0.717) is 16.4 Å². The molecule has 0 unspecified atom stereocenters. The van der Waals surface area contributed by atoms with E-state index in [0.717, 1.165) is 38.6 Å². The second-order valence-electron chi connectivity index (χ2n) is 8.04. The molecule has 0 aliphatic carbocycles. The minimum atomic E-state index is -2.89. The predicted octanol–water partition coefficient (Wildman–Crippen LogP) is 6.16. The van der Waals surface area contributed by atoms with Crippen LogP contribution in [0, 0.1) is 13.8 Å². The summed E-state index contributed by atoms with van der Waals surface area (Å²) >= 11 is 6.31. The Morgan fingerprint density at radius 3 is 2.32 bits per heavy atom. The SMILES string of the molecule is COC(=O)Cc1cc2ccc(Cl)cc2c(-c2ccc(N(c3ccccc3C)[SH](=O)=O)cc2)c1C. The Labute approximate surface area is 205 Å². The Hall–Kier alpha value is -3.35. The van der Waals surface area contributed by atoms with E-state index >= 15 is 0 Å². The molecule has 0 N–H and O–H groups in total. The molecule has 0 saturated carbocycles. The van der Waals surface area contributed by atoms with Crippen LogP contribution in [-0.2, 0) is 26.8 Å². The van der Waals surface area contributed by atoms with Crippen molar-refractivity contribution in [1.29, 1.82) is 0 Å². The quantitative estimate of drug-likeness (QED) is 0.258. The Balaban J connectivity index is 1.86. The number of ether oxygens (including phenoxy) is 1. The normalized spacial score (nSPS) is 11.1. The number of hydrogen-bond acceptors (Lipinski definition) is 4. The van der Waals surface area contributed by atoms with E-state index < -0.39 is 10.9 Å². The first-order valence-corrected chi connectivity index (χ1v) is 12.2. The number of benzene rings is 4. The smallest absolute Gasteiger partial charge is 0.309 e. The van der Waals surface area contributed by atoms with Crippen molar-refractivity contribution in [2.45, 2.75) is 20.3 Å². The fraction of sp³-hybridized carbons (Fsp3) is 0.148. The molecule has 0 spiro atoms. The van der Waals surface area contributed by atoms with Crippen LogP contribution < -0.4 is 4.31 Å². The largest absolute Gasteiger partial charge is 0.469 e. The van der Waals surface area contributed by atoms with Gasteiger partial charge >= 0.3 is 5.97 Å². The summed E-state index contributed by atoms with van der Waals surface area (Å²) in [6.45, 7) is 3.84. The highest BCUT2D eigenvalue weighted by Gasteiger charge is 2.17. The third kappa shape index (κ3) is 4.65. The maximum Gasteiger partial charge on any atom is 0.309 e. The van der Waals surface area contributed by atoms with Gasteiger partial charge < -0.3 is 4.74 Å². The fourth-order valence-electron chi connectivity index (χ4n) is 4.20. The van der Waals surface area contributed by atoms with Gasteiger partial charge in [0.1, 0.15) is 0 Å². The monoisotopic (exact) mass is 493 g/mol. The second-order valence-corrected chi connectivity index (χ2v) is 9.35. The summed E-state index contributed by atoms with van der Waals surface area (Å²) < 4.78 is 30.5. The van der Waals surface area contributed by atoms with Crippen molar-refractivity contribution in [2.24, 2.45) is 0 Å². The first-order chi connectivity index (χ1) is 16.3. The van der Waals surface area contributed by atoms with E-state index in [9.17, 15) is 13.2 Å². The number of hydrogen-bond donors (Lipinski definition) is 1. The summed E-state index contributed by atoms with van der Waals surface area (Å²) in [5, 5.41) is 2.52. The number of methoxy groups -OCH3 is 1. The first kappa shape index (κ1) is 23.8. The standard InChI is InChI=1S/C27H24ClNO4S/c1-17-6-4-5-7-25(17)29(34(31)32)23-12-9-19(10-13-23)27-18(2)21(15-26(30)33-3)14-20-8-11-22(28)16-24(20)27/h4-14,16,34H,15H2,1-3H3. The van der Waals surface area contributed by atoms with Crippen LogP contribution in [0.5, 0.6) is 0 Å². The summed E-state index contributed by atoms with van der Waals surface area (Å²) in [5.41, 5.74) is 5.66. The van der Waals surface area contributed by atoms with E-state index in [4.69, 9.17) is 16.3 Å². The molecule has 0 atom stereocenters. The molecule has 0 aliphatic heterocycles. The lowest BCUT2D eigenvalue weighted by Crippen LogP contribution is -2.15. The Morgan fingerprint density at radius 2 is 1.68 bits per heavy atom. The molecule has 0 heterocycles. The van der Waals surface area contributed by atoms with E-state index in [1.807, 2.05) is 68.4 Å². The van der Waals surface area contributed by atoms with Gasteiger partial charge in [0.25, 0.3) is 0 Å². The zero-order valence-electron chi connectivity index (χ0n) is 19.0. The number of halogens is 1. The summed E-state index contributed by atoms with van der Waals surface area (Å²) in [4.78, 5) is 12.0. The molecule has 4 rings (SSSR count). The first-order valence-electron chi connectivity index (χ1n) is 10.7. The molecule has 7 heteroatoms. The van der Waals surface area contributed by atoms with Gasteiger partial charge in [-0.1, -0.05) is 54.1 Å². The van der Waals surface area contributed by atoms with Crippen molar-refractivity contribution in [1.82, 2.24) is 0 Å². The average Bonchev–Trinajstić information content (AvgIpc) is 2.81. The van der Waals surface area contributed by atoms with Crippen molar-refractivity contribution in [3.05, 3.63) is 94.5 Å². The maximum atomic E-state index is 12.2. The van der Waals surface area contributed by atoms with Crippen LogP contribution in [0.2, 0.25) is 5.02 Å². The van der Waals surface area contributed by atoms with Gasteiger partial charge in [-0.3, -0.25) is 4.79 Å². The van der Waals surface area contributed by atoms with Gasteiger partial charge in [-0.15, -0.1) is 0 Å². The summed E-state index contributed by atoms with van der Waals surface area (Å²) in [5.74, 6) is -0.314. The van der Waals surface area contributed by atoms with E-state index in [2.05, 4.69) is 0 Å². The van der Waals surface area contributed by atoms with Crippen molar-refractivity contribution in [2.75, 3.05) is 11.4 Å². The van der Waals surface area contributed by atoms with Crippen molar-refractivity contribution < 1.29 is 17.9 Å². The molecule has 4 aromatic rings. The van der Waals surface area contributed by atoms with Gasteiger partial charge in [0.2, 0.25) is 10.9 Å². The average molecular weight is 494 g/mol. The number of para-hydroxylation sites is 1. The van der Waals surface area contributed by atoms with E-state index in [1.54, 1.807) is 18.2 Å². The minimum Gasteiger partial charge on any atom is -0.469 e. The lowest BCUT2D eigenvalue weighted by molar-refractivity contribution is -0.139. The molecule has 0 radical (unpaired) electrons. The van der Waals surface area contributed by atoms with Gasteiger partial charge in [-0.05, 0) is 82.8 Å². The highest BCUT2D eigenvalue weighted by Crippen LogP contribution is 2.37. The molecule has 5 nitrogen and oxygen atoms in total. The summed E-state index contributed by atoms with van der Waals surface area (Å²) in [7, 11) is -1.51. The molecule has 0 saturated heterocycles. The van der Waals surface area contributed by atoms with Crippen LogP contribution in [-0.4, -0.2) is 21.5 Å². The molecule has 0 amide bonds. The number of rotatable bonds is 6. The van der Waals surface area contributed by atoms with Gasteiger partial charge in [0, 0.05) is 5.02 Å². The van der Waals surface area contributed by atoms with Crippen molar-refractivity contribution >= 4 is 50.6 Å². The summed E-state index contributed by atoms with van der Waals surface area (Å²) in [6.07, 6.45) is 0.156. The number of anilines is 2. The fourth-order valence-corrected chi connectivity index (χ4v) is 5.10. The molecule has 34 heavy (non-hydrogen) atoms. The number of carbonyl (C=O) groups excluding carboxylic acids is 1. The molecule has 0 aromatic heterocycles. The number of fused-ring (bicyclic) bond motifs is 1. The second kappa shape index (κ2) is 9.87. The lowest BCUT2D eigenvalue weighted by atomic mass is 9.89. The molecule has 0 aliphatic rings. The van der Waals surface area contributed by atoms with Crippen LogP contribution >= 0.6 is 11.6 Å². The maximum absolute atomic E-state index is 12.2. The van der Waals surface area contributed by atoms with Gasteiger partial charge in [-0.2, -0.15) is 0 Å². The predicted molar refractivity (Wildman–Crippen MR) is 138 cm³/mol. The number of nitrogens with zero attached hydrogens (tertiary/aromatic N) is 1. The zero-order valence-corrected chi connectivity index (χ0v) is 20.7. The molecule has 0 bridgehead atoms. The van der Waals surface area contributed by atoms with Crippen LogP contribution in [0.15, 0.2) is 72.8 Å². The van der Waals surface area contributed by atoms with Crippen molar-refractivity contribution in [3.63, 3.8) is 0 Å². The van der Waals surface area contributed by atoms with E-state index in [1.165, 1.54) is 11.4 Å². The molecular formula is C27H24ClNO4S. The van der Waals surface area contributed by atoms with Crippen molar-refractivity contribution in [3.8, 4) is 11.1 Å². The number of esters is 1. The Bertz CT molecular complexity index is 1450. The Kier molecular flexibility index (Phi) is 6.91. The van der Waals surface area contributed by atoms with Gasteiger partial charge in [-0.25, -0.2) is 12.7 Å². The highest BCUT2D eigenvalue weighted by molar-refractivity contribution is 7.74. The topological polar surface area (TPSA) is 63.7 Å². The van der Waals surface area contributed by atoms with Crippen LogP contribution in [0.3, 0.4) is 0 Å². The molecule has 0 fully saturated rings. The summed E-state index contributed by atoms with van der Waals surface area (Å²) in [6, 6.07) is 22.3. The number of thiol groups is 1. The zero-order chi connectivity index (χ0) is 24.4. The Morgan fingerprint density at radius 1 is 0.971 bits per heavy atom. The van der Waals surface area contributed by atoms with Crippen LogP contribution in [0.1, 0.15) is 16.7 Å².